The molecule has 1 amide bonds. The monoisotopic (exact) mass is 696 g/mol. The van der Waals surface area contributed by atoms with Crippen molar-refractivity contribution in [3.05, 3.63) is 58.6 Å². The van der Waals surface area contributed by atoms with Gasteiger partial charge >= 0.3 is 0 Å². The lowest BCUT2D eigenvalue weighted by Crippen LogP contribution is -2.67. The van der Waals surface area contributed by atoms with Gasteiger partial charge in [-0.05, 0) is 147 Å². The highest BCUT2D eigenvalue weighted by Gasteiger charge is 2.72. The van der Waals surface area contributed by atoms with Crippen molar-refractivity contribution >= 4 is 11.6 Å². The summed E-state index contributed by atoms with van der Waals surface area (Å²) in [4.78, 5) is 36.7. The highest BCUT2D eigenvalue weighted by Crippen LogP contribution is 2.77. The SMILES string of the molecule is C=C(C)[C@@H]1CC[C@]2(C(=O)N3CCCC3c3ncc(-c4ccc([N+](=O)[O-])cc4)[nH]3)CC[C@]3(C)[C@H](CC[C@@H]4[C@@]5(C)CC[C@H](O)C(C)(C)[C@@H]5CC[C@]43C)[C@@H]12. The highest BCUT2D eigenvalue weighted by atomic mass is 16.6. The maximum atomic E-state index is 15.4. The molecule has 11 atom stereocenters. The first-order chi connectivity index (χ1) is 24.1. The molecule has 6 fully saturated rings. The van der Waals surface area contributed by atoms with Crippen LogP contribution in [0.4, 0.5) is 5.69 Å². The summed E-state index contributed by atoms with van der Waals surface area (Å²) in [6.45, 7) is 20.1. The molecule has 2 N–H and O–H groups in total. The average molecular weight is 697 g/mol. The maximum absolute atomic E-state index is 15.4. The number of hydrogen-bond acceptors (Lipinski definition) is 5. The molecule has 1 aromatic heterocycles. The van der Waals surface area contributed by atoms with Gasteiger partial charge < -0.3 is 15.0 Å². The van der Waals surface area contributed by atoms with Gasteiger partial charge in [0.2, 0.25) is 5.91 Å². The van der Waals surface area contributed by atoms with Crippen LogP contribution in [0.3, 0.4) is 0 Å². The fourth-order valence-corrected chi connectivity index (χ4v) is 14.5. The number of likely N-dealkylation sites (tertiary alicyclic amines) is 1. The lowest BCUT2D eigenvalue weighted by Gasteiger charge is -2.73. The molecule has 51 heavy (non-hydrogen) atoms. The predicted octanol–water partition coefficient (Wildman–Crippen LogP) is 9.67. The van der Waals surface area contributed by atoms with Crippen LogP contribution in [0.1, 0.15) is 130 Å². The van der Waals surface area contributed by atoms with Crippen molar-refractivity contribution in [2.75, 3.05) is 6.54 Å². The number of H-pyrrole nitrogens is 1. The van der Waals surface area contributed by atoms with Gasteiger partial charge in [0, 0.05) is 24.2 Å². The minimum atomic E-state index is -0.383. The van der Waals surface area contributed by atoms with E-state index in [1.807, 2.05) is 0 Å². The molecular formula is C43H60N4O4. The molecule has 0 bridgehead atoms. The van der Waals surface area contributed by atoms with E-state index in [-0.39, 0.29) is 49.8 Å². The number of nitrogens with zero attached hydrogens (tertiary/aromatic N) is 3. The summed E-state index contributed by atoms with van der Waals surface area (Å²) < 4.78 is 0. The number of aliphatic hydroxyl groups excluding tert-OH is 1. The zero-order chi connectivity index (χ0) is 36.3. The minimum Gasteiger partial charge on any atom is -0.393 e. The van der Waals surface area contributed by atoms with Gasteiger partial charge in [0.1, 0.15) is 5.82 Å². The van der Waals surface area contributed by atoms with E-state index in [0.29, 0.717) is 35.5 Å². The minimum absolute atomic E-state index is 0.0560. The Hall–Kier alpha value is -3.00. The molecule has 5 aliphatic carbocycles. The van der Waals surface area contributed by atoms with Crippen LogP contribution in [0, 0.1) is 66.8 Å². The molecule has 1 aliphatic heterocycles. The number of carbonyl (C=O) groups excluding carboxylic acids is 1. The molecule has 8 rings (SSSR count). The summed E-state index contributed by atoms with van der Waals surface area (Å²) in [7, 11) is 0. The van der Waals surface area contributed by atoms with E-state index in [1.165, 1.54) is 43.4 Å². The lowest BCUT2D eigenvalue weighted by atomic mass is 9.32. The zero-order valence-corrected chi connectivity index (χ0v) is 31.8. The van der Waals surface area contributed by atoms with Crippen molar-refractivity contribution in [2.45, 2.75) is 131 Å². The van der Waals surface area contributed by atoms with Crippen LogP contribution in [0.25, 0.3) is 11.3 Å². The Balaban J connectivity index is 1.10. The van der Waals surface area contributed by atoms with Crippen LogP contribution < -0.4 is 0 Å². The van der Waals surface area contributed by atoms with Crippen molar-refractivity contribution < 1.29 is 14.8 Å². The molecular weight excluding hydrogens is 636 g/mol. The van der Waals surface area contributed by atoms with E-state index in [2.05, 4.69) is 58.0 Å². The maximum Gasteiger partial charge on any atom is 0.269 e. The standard InChI is InChI=1S/C43H60N4O4/c1-26(2)29-16-21-43(38(49)46-24-8-9-32(46)37-44-25-31(45-37)27-10-12-28(13-11-27)47(50)51)23-22-41(6)30(36(29)43)14-15-34-40(5)19-18-35(48)39(3,4)33(40)17-20-42(34,41)7/h10-13,25,29-30,32-36,48H,1,8-9,14-24H2,2-7H3,(H,44,45)/t29-,30+,32?,33-,34+,35-,36+,40-,41+,42+,43-/m0/s1. The number of nitro benzene ring substituents is 1. The Morgan fingerprint density at radius 3 is 2.39 bits per heavy atom. The van der Waals surface area contributed by atoms with Crippen molar-refractivity contribution in [2.24, 2.45) is 56.7 Å². The Morgan fingerprint density at radius 2 is 1.69 bits per heavy atom. The van der Waals surface area contributed by atoms with Gasteiger partial charge in [-0.2, -0.15) is 0 Å². The first-order valence-corrected chi connectivity index (χ1v) is 20.0. The third-order valence-electron chi connectivity index (χ3n) is 17.3. The van der Waals surface area contributed by atoms with Gasteiger partial charge in [-0.15, -0.1) is 0 Å². The fraction of sp³-hybridized carbons (Fsp3) is 0.721. The molecule has 0 radical (unpaired) electrons. The third kappa shape index (κ3) is 4.79. The quantitative estimate of drug-likeness (QED) is 0.184. The molecule has 6 aliphatic rings. The van der Waals surface area contributed by atoms with Crippen molar-refractivity contribution in [1.82, 2.24) is 14.9 Å². The third-order valence-corrected chi connectivity index (χ3v) is 17.3. The molecule has 1 unspecified atom stereocenters. The number of amides is 1. The molecule has 2 aromatic rings. The summed E-state index contributed by atoms with van der Waals surface area (Å²) in [5.74, 6) is 3.50. The smallest absolute Gasteiger partial charge is 0.269 e. The number of fused-ring (bicyclic) bond motifs is 7. The average Bonchev–Trinajstić information content (AvgIpc) is 3.86. The number of nitrogens with one attached hydrogen (secondary N) is 1. The van der Waals surface area contributed by atoms with Crippen molar-refractivity contribution in [1.29, 1.82) is 0 Å². The Kier molecular flexibility index (Phi) is 8.08. The van der Waals surface area contributed by atoms with Gasteiger partial charge in [0.05, 0.1) is 34.4 Å². The second-order valence-electron chi connectivity index (χ2n) is 19.4. The number of aromatic amines is 1. The lowest BCUT2D eigenvalue weighted by molar-refractivity contribution is -0.384. The Labute approximate surface area is 304 Å². The summed E-state index contributed by atoms with van der Waals surface area (Å²) in [5, 5.41) is 22.3. The number of imidazole rings is 1. The number of non-ortho nitro benzene ring substituents is 1. The summed E-state index contributed by atoms with van der Waals surface area (Å²) >= 11 is 0. The van der Waals surface area contributed by atoms with Crippen LogP contribution in [-0.4, -0.2) is 43.5 Å². The van der Waals surface area contributed by atoms with E-state index in [4.69, 9.17) is 4.98 Å². The summed E-state index contributed by atoms with van der Waals surface area (Å²) in [6.07, 6.45) is 14.3. The van der Waals surface area contributed by atoms with Gasteiger partial charge in [-0.3, -0.25) is 14.9 Å². The summed E-state index contributed by atoms with van der Waals surface area (Å²) in [6, 6.07) is 6.47. The molecule has 1 aromatic carbocycles. The van der Waals surface area contributed by atoms with Crippen LogP contribution in [-0.2, 0) is 4.79 Å². The Morgan fingerprint density at radius 1 is 0.941 bits per heavy atom. The van der Waals surface area contributed by atoms with Gasteiger partial charge in [0.25, 0.3) is 5.69 Å². The number of nitro groups is 1. The largest absolute Gasteiger partial charge is 0.393 e. The van der Waals surface area contributed by atoms with Crippen LogP contribution in [0.2, 0.25) is 0 Å². The predicted molar refractivity (Wildman–Crippen MR) is 199 cm³/mol. The summed E-state index contributed by atoms with van der Waals surface area (Å²) in [5.41, 5.74) is 3.15. The van der Waals surface area contributed by atoms with Gasteiger partial charge in [-0.25, -0.2) is 4.98 Å². The van der Waals surface area contributed by atoms with Crippen molar-refractivity contribution in [3.63, 3.8) is 0 Å². The first kappa shape index (κ1) is 35.1. The molecule has 1 saturated heterocycles. The molecule has 5 saturated carbocycles. The van der Waals surface area contributed by atoms with Crippen LogP contribution >= 0.6 is 0 Å². The normalized spacial score (nSPS) is 42.7. The van der Waals surface area contributed by atoms with E-state index in [1.54, 1.807) is 18.3 Å². The second kappa shape index (κ2) is 11.8. The number of aliphatic hydroxyl groups is 1. The molecule has 276 valence electrons. The van der Waals surface area contributed by atoms with Crippen LogP contribution in [0.15, 0.2) is 42.6 Å². The van der Waals surface area contributed by atoms with Gasteiger partial charge in [-0.1, -0.05) is 46.8 Å². The number of hydrogen-bond donors (Lipinski definition) is 2. The number of allylic oxidation sites excluding steroid dienone is 1. The number of carbonyl (C=O) groups is 1. The Bertz CT molecular complexity index is 1730. The molecule has 2 heterocycles. The second-order valence-corrected chi connectivity index (χ2v) is 19.4. The first-order valence-electron chi connectivity index (χ1n) is 20.0. The van der Waals surface area contributed by atoms with Crippen LogP contribution in [0.5, 0.6) is 0 Å². The number of aromatic nitrogens is 2. The van der Waals surface area contributed by atoms with E-state index in [0.717, 1.165) is 75.0 Å². The highest BCUT2D eigenvalue weighted by molar-refractivity contribution is 5.84. The van der Waals surface area contributed by atoms with E-state index < -0.39 is 0 Å². The molecule has 8 heteroatoms. The van der Waals surface area contributed by atoms with E-state index in [9.17, 15) is 15.2 Å². The topological polar surface area (TPSA) is 112 Å². The zero-order valence-electron chi connectivity index (χ0n) is 31.8. The van der Waals surface area contributed by atoms with E-state index >= 15 is 4.79 Å². The molecule has 8 nitrogen and oxygen atoms in total. The van der Waals surface area contributed by atoms with Crippen molar-refractivity contribution in [3.8, 4) is 11.3 Å². The fourth-order valence-electron chi connectivity index (χ4n) is 14.5. The molecule has 0 spiro atoms. The number of benzene rings is 1. The number of rotatable bonds is 5. The van der Waals surface area contributed by atoms with Gasteiger partial charge in [0.15, 0.2) is 0 Å².